The van der Waals surface area contributed by atoms with Crippen LogP contribution in [0.4, 0.5) is 0 Å². The SMILES string of the molecule is CCCS(=O)(=O)Oc1ccccc1CN[C@@H](C)c1ccccc1. The van der Waals surface area contributed by atoms with Gasteiger partial charge in [0.05, 0.1) is 5.75 Å². The van der Waals surface area contributed by atoms with Crippen molar-refractivity contribution in [2.75, 3.05) is 5.75 Å². The second-order valence-corrected chi connectivity index (χ2v) is 7.16. The maximum atomic E-state index is 11.9. The molecular formula is C18H23NO3S. The van der Waals surface area contributed by atoms with Crippen LogP contribution in [0.3, 0.4) is 0 Å². The largest absolute Gasteiger partial charge is 0.382 e. The van der Waals surface area contributed by atoms with Crippen molar-refractivity contribution in [1.82, 2.24) is 5.32 Å². The van der Waals surface area contributed by atoms with Crippen LogP contribution in [0.5, 0.6) is 5.75 Å². The molecule has 0 bridgehead atoms. The third-order valence-electron chi connectivity index (χ3n) is 3.54. The summed E-state index contributed by atoms with van der Waals surface area (Å²) in [5.74, 6) is 0.420. The van der Waals surface area contributed by atoms with Crippen LogP contribution in [-0.4, -0.2) is 14.2 Å². The van der Waals surface area contributed by atoms with Crippen molar-refractivity contribution in [2.45, 2.75) is 32.9 Å². The van der Waals surface area contributed by atoms with E-state index in [1.54, 1.807) is 12.1 Å². The van der Waals surface area contributed by atoms with Gasteiger partial charge in [-0.2, -0.15) is 8.42 Å². The molecule has 2 aromatic carbocycles. The van der Waals surface area contributed by atoms with E-state index in [0.29, 0.717) is 18.7 Å². The number of para-hydroxylation sites is 1. The maximum absolute atomic E-state index is 11.9. The summed E-state index contributed by atoms with van der Waals surface area (Å²) in [6, 6.07) is 17.5. The Labute approximate surface area is 138 Å². The lowest BCUT2D eigenvalue weighted by atomic mass is 10.1. The summed E-state index contributed by atoms with van der Waals surface area (Å²) >= 11 is 0. The molecule has 5 heteroatoms. The highest BCUT2D eigenvalue weighted by molar-refractivity contribution is 7.87. The van der Waals surface area contributed by atoms with Gasteiger partial charge < -0.3 is 9.50 Å². The van der Waals surface area contributed by atoms with Crippen LogP contribution in [-0.2, 0) is 16.7 Å². The average Bonchev–Trinajstić information content (AvgIpc) is 2.54. The van der Waals surface area contributed by atoms with E-state index in [1.807, 2.05) is 37.3 Å². The van der Waals surface area contributed by atoms with E-state index >= 15 is 0 Å². The molecule has 0 saturated carbocycles. The summed E-state index contributed by atoms with van der Waals surface area (Å²) in [4.78, 5) is 0. The van der Waals surface area contributed by atoms with E-state index in [2.05, 4.69) is 24.4 Å². The second kappa shape index (κ2) is 8.13. The van der Waals surface area contributed by atoms with E-state index in [-0.39, 0.29) is 11.8 Å². The Balaban J connectivity index is 2.06. The van der Waals surface area contributed by atoms with Gasteiger partial charge in [-0.1, -0.05) is 55.5 Å². The smallest absolute Gasteiger partial charge is 0.309 e. The highest BCUT2D eigenvalue weighted by Crippen LogP contribution is 2.21. The summed E-state index contributed by atoms with van der Waals surface area (Å²) in [6.45, 7) is 4.43. The minimum Gasteiger partial charge on any atom is -0.382 e. The first kappa shape index (κ1) is 17.5. The second-order valence-electron chi connectivity index (χ2n) is 5.47. The van der Waals surface area contributed by atoms with Crippen molar-refractivity contribution >= 4 is 10.1 Å². The van der Waals surface area contributed by atoms with Gasteiger partial charge in [0.25, 0.3) is 0 Å². The molecule has 0 spiro atoms. The van der Waals surface area contributed by atoms with Crippen molar-refractivity contribution in [3.05, 3.63) is 65.7 Å². The Hall–Kier alpha value is -1.85. The van der Waals surface area contributed by atoms with Crippen molar-refractivity contribution in [3.8, 4) is 5.75 Å². The Kier molecular flexibility index (Phi) is 6.19. The molecule has 0 saturated heterocycles. The van der Waals surface area contributed by atoms with E-state index < -0.39 is 10.1 Å². The maximum Gasteiger partial charge on any atom is 0.309 e. The first-order valence-corrected chi connectivity index (χ1v) is 9.38. The Morgan fingerprint density at radius 2 is 1.70 bits per heavy atom. The van der Waals surface area contributed by atoms with E-state index in [4.69, 9.17) is 4.18 Å². The van der Waals surface area contributed by atoms with Crippen LogP contribution < -0.4 is 9.50 Å². The molecule has 23 heavy (non-hydrogen) atoms. The van der Waals surface area contributed by atoms with Crippen LogP contribution in [0.25, 0.3) is 0 Å². The van der Waals surface area contributed by atoms with Crippen LogP contribution in [0.15, 0.2) is 54.6 Å². The third-order valence-corrected chi connectivity index (χ3v) is 4.88. The Morgan fingerprint density at radius 1 is 1.04 bits per heavy atom. The van der Waals surface area contributed by atoms with E-state index in [9.17, 15) is 8.42 Å². The monoisotopic (exact) mass is 333 g/mol. The molecule has 0 aliphatic rings. The van der Waals surface area contributed by atoms with Gasteiger partial charge in [-0.25, -0.2) is 0 Å². The number of rotatable bonds is 8. The quantitative estimate of drug-likeness (QED) is 0.749. The third kappa shape index (κ3) is 5.37. The van der Waals surface area contributed by atoms with Gasteiger partial charge in [-0.05, 0) is 25.0 Å². The zero-order valence-corrected chi connectivity index (χ0v) is 14.3. The molecule has 0 radical (unpaired) electrons. The predicted octanol–water partition coefficient (Wildman–Crippen LogP) is 3.66. The summed E-state index contributed by atoms with van der Waals surface area (Å²) in [5, 5.41) is 3.40. The minimum absolute atomic E-state index is 0.0230. The van der Waals surface area contributed by atoms with Gasteiger partial charge in [0.2, 0.25) is 0 Å². The summed E-state index contributed by atoms with van der Waals surface area (Å²) in [5.41, 5.74) is 2.01. The van der Waals surface area contributed by atoms with Crippen LogP contribution in [0.1, 0.15) is 37.4 Å². The standard InChI is InChI=1S/C18H23NO3S/c1-3-13-23(20,21)22-18-12-8-7-11-17(18)14-19-15(2)16-9-5-4-6-10-16/h4-12,15,19H,3,13-14H2,1-2H3/t15-/m0/s1. The van der Waals surface area contributed by atoms with Crippen LogP contribution in [0, 0.1) is 0 Å². The predicted molar refractivity (Wildman–Crippen MR) is 92.8 cm³/mol. The molecule has 124 valence electrons. The number of hydrogen-bond donors (Lipinski definition) is 1. The molecule has 0 aromatic heterocycles. The molecule has 0 aliphatic heterocycles. The summed E-state index contributed by atoms with van der Waals surface area (Å²) in [7, 11) is -3.53. The number of benzene rings is 2. The highest BCUT2D eigenvalue weighted by Gasteiger charge is 2.14. The van der Waals surface area contributed by atoms with Gasteiger partial charge in [0.1, 0.15) is 5.75 Å². The van der Waals surface area contributed by atoms with Crippen molar-refractivity contribution in [2.24, 2.45) is 0 Å². The minimum atomic E-state index is -3.53. The Bertz CT molecular complexity index is 714. The fourth-order valence-corrected chi connectivity index (χ4v) is 3.30. The molecule has 0 amide bonds. The summed E-state index contributed by atoms with van der Waals surface area (Å²) < 4.78 is 29.0. The lowest BCUT2D eigenvalue weighted by Crippen LogP contribution is -2.20. The molecule has 0 unspecified atom stereocenters. The first-order valence-electron chi connectivity index (χ1n) is 7.80. The van der Waals surface area contributed by atoms with Gasteiger partial charge >= 0.3 is 10.1 Å². The fraction of sp³-hybridized carbons (Fsp3) is 0.333. The van der Waals surface area contributed by atoms with Gasteiger partial charge in [0, 0.05) is 18.2 Å². The van der Waals surface area contributed by atoms with Crippen LogP contribution in [0.2, 0.25) is 0 Å². The number of nitrogens with one attached hydrogen (secondary N) is 1. The summed E-state index contributed by atoms with van der Waals surface area (Å²) in [6.07, 6.45) is 0.536. The van der Waals surface area contributed by atoms with Gasteiger partial charge in [-0.15, -0.1) is 0 Å². The normalized spacial score (nSPS) is 12.8. The molecule has 2 aromatic rings. The number of hydrogen-bond acceptors (Lipinski definition) is 4. The van der Waals surface area contributed by atoms with Crippen molar-refractivity contribution in [3.63, 3.8) is 0 Å². The zero-order chi connectivity index (χ0) is 16.7. The van der Waals surface area contributed by atoms with Crippen molar-refractivity contribution < 1.29 is 12.6 Å². The zero-order valence-electron chi connectivity index (χ0n) is 13.5. The molecule has 0 aliphatic carbocycles. The van der Waals surface area contributed by atoms with Crippen LogP contribution >= 0.6 is 0 Å². The molecule has 1 atom stereocenters. The first-order chi connectivity index (χ1) is 11.0. The molecule has 2 rings (SSSR count). The van der Waals surface area contributed by atoms with E-state index in [1.165, 1.54) is 5.56 Å². The Morgan fingerprint density at radius 3 is 2.39 bits per heavy atom. The topological polar surface area (TPSA) is 55.4 Å². The van der Waals surface area contributed by atoms with Crippen molar-refractivity contribution in [1.29, 1.82) is 0 Å². The lowest BCUT2D eigenvalue weighted by molar-refractivity contribution is 0.477. The molecule has 0 fully saturated rings. The highest BCUT2D eigenvalue weighted by atomic mass is 32.2. The molecule has 4 nitrogen and oxygen atoms in total. The van der Waals surface area contributed by atoms with Gasteiger partial charge in [0.15, 0.2) is 0 Å². The molecule has 0 heterocycles. The fourth-order valence-electron chi connectivity index (χ4n) is 2.28. The average molecular weight is 333 g/mol. The van der Waals surface area contributed by atoms with E-state index in [0.717, 1.165) is 5.56 Å². The lowest BCUT2D eigenvalue weighted by Gasteiger charge is -2.16. The molecular weight excluding hydrogens is 310 g/mol. The van der Waals surface area contributed by atoms with Gasteiger partial charge in [-0.3, -0.25) is 0 Å². The molecule has 1 N–H and O–H groups in total.